The molecule has 1 amide bonds. The number of hydrogen-bond donors (Lipinski definition) is 1. The van der Waals surface area contributed by atoms with Gasteiger partial charge in [0.2, 0.25) is 5.91 Å². The third-order valence-electron chi connectivity index (χ3n) is 6.05. The van der Waals surface area contributed by atoms with E-state index in [-0.39, 0.29) is 17.5 Å². The maximum Gasteiger partial charge on any atom is 0.328 e. The number of nitrogens with zero attached hydrogens (tertiary/aromatic N) is 6. The zero-order chi connectivity index (χ0) is 21.2. The van der Waals surface area contributed by atoms with Crippen LogP contribution >= 0.6 is 0 Å². The van der Waals surface area contributed by atoms with E-state index in [2.05, 4.69) is 31.0 Å². The number of H-pyrrole nitrogens is 1. The van der Waals surface area contributed by atoms with Crippen LogP contribution in [0.5, 0.6) is 0 Å². The molecule has 1 N–H and O–H groups in total. The Bertz CT molecular complexity index is 1310. The van der Waals surface area contributed by atoms with Gasteiger partial charge in [-0.25, -0.2) is 24.7 Å². The maximum absolute atomic E-state index is 13.4. The number of anilines is 1. The second kappa shape index (κ2) is 6.19. The molecular formula is C21H21N7O2. The van der Waals surface area contributed by atoms with Gasteiger partial charge in [0.25, 0.3) is 0 Å². The van der Waals surface area contributed by atoms with E-state index in [4.69, 9.17) is 0 Å². The monoisotopic (exact) mass is 403 g/mol. The summed E-state index contributed by atoms with van der Waals surface area (Å²) in [5.41, 5.74) is 2.66. The van der Waals surface area contributed by atoms with Gasteiger partial charge in [0.05, 0.1) is 11.6 Å². The van der Waals surface area contributed by atoms with E-state index in [1.807, 2.05) is 26.8 Å². The minimum Gasteiger partial charge on any atom is -0.289 e. The van der Waals surface area contributed by atoms with Crippen LogP contribution in [0.25, 0.3) is 16.9 Å². The highest BCUT2D eigenvalue weighted by molar-refractivity contribution is 6.04. The van der Waals surface area contributed by atoms with Gasteiger partial charge in [0, 0.05) is 36.6 Å². The molecule has 1 atom stereocenters. The summed E-state index contributed by atoms with van der Waals surface area (Å²) >= 11 is 0. The predicted octanol–water partition coefficient (Wildman–Crippen LogP) is 2.12. The van der Waals surface area contributed by atoms with Crippen molar-refractivity contribution in [2.75, 3.05) is 4.90 Å². The zero-order valence-electron chi connectivity index (χ0n) is 17.2. The van der Waals surface area contributed by atoms with Crippen LogP contribution in [0.1, 0.15) is 31.7 Å². The molecule has 9 nitrogen and oxygen atoms in total. The fourth-order valence-corrected chi connectivity index (χ4v) is 4.19. The molecule has 1 aliphatic heterocycles. The molecule has 1 saturated heterocycles. The summed E-state index contributed by atoms with van der Waals surface area (Å²) in [6.07, 6.45) is 9.98. The molecule has 2 aliphatic rings. The van der Waals surface area contributed by atoms with Gasteiger partial charge in [-0.3, -0.25) is 19.2 Å². The lowest BCUT2D eigenvalue weighted by molar-refractivity contribution is -0.125. The molecule has 3 aromatic rings. The number of nitrogens with one attached hydrogen (secondary N) is 1. The van der Waals surface area contributed by atoms with Crippen molar-refractivity contribution in [3.63, 3.8) is 0 Å². The lowest BCUT2D eigenvalue weighted by Gasteiger charge is -2.25. The van der Waals surface area contributed by atoms with Crippen LogP contribution in [-0.2, 0) is 11.8 Å². The SMILES string of the molecule is Cc1ncc(C2=CCC3C(=C2)N(c2cnc4c(n2)[nH]c(=O)n4C)C(=O)C3(C)C)cn1. The Morgan fingerprint density at radius 1 is 1.13 bits per heavy atom. The third-order valence-corrected chi connectivity index (χ3v) is 6.05. The summed E-state index contributed by atoms with van der Waals surface area (Å²) in [5.74, 6) is 1.09. The number of rotatable bonds is 2. The van der Waals surface area contributed by atoms with Gasteiger partial charge < -0.3 is 0 Å². The average molecular weight is 403 g/mol. The Balaban J connectivity index is 1.63. The van der Waals surface area contributed by atoms with Crippen LogP contribution < -0.4 is 10.6 Å². The van der Waals surface area contributed by atoms with E-state index in [1.54, 1.807) is 30.5 Å². The molecule has 1 fully saturated rings. The minimum atomic E-state index is -0.585. The first-order chi connectivity index (χ1) is 14.3. The van der Waals surface area contributed by atoms with Crippen LogP contribution in [0.4, 0.5) is 5.82 Å². The molecule has 3 aromatic heterocycles. The smallest absolute Gasteiger partial charge is 0.289 e. The standard InChI is InChI=1S/C21H21N7O2/c1-11-22-8-13(9-23-11)12-5-6-14-15(7-12)28(19(29)21(14,2)3)16-10-24-18-17(25-16)26-20(30)27(18)4/h5,7-10,14H,6H2,1-4H3,(H,25,26,30). The van der Waals surface area contributed by atoms with Crippen molar-refractivity contribution in [1.29, 1.82) is 0 Å². The van der Waals surface area contributed by atoms with Gasteiger partial charge in [-0.2, -0.15) is 0 Å². The number of carbonyl (C=O) groups excluding carboxylic acids is 1. The molecule has 0 saturated carbocycles. The first-order valence-corrected chi connectivity index (χ1v) is 9.74. The van der Waals surface area contributed by atoms with E-state index in [1.165, 1.54) is 4.57 Å². The summed E-state index contributed by atoms with van der Waals surface area (Å²) in [6, 6.07) is 0. The summed E-state index contributed by atoms with van der Waals surface area (Å²) in [6.45, 7) is 5.76. The summed E-state index contributed by atoms with van der Waals surface area (Å²) in [4.78, 5) is 47.1. The Morgan fingerprint density at radius 2 is 1.87 bits per heavy atom. The Kier molecular flexibility index (Phi) is 3.80. The van der Waals surface area contributed by atoms with Crippen LogP contribution in [0.2, 0.25) is 0 Å². The largest absolute Gasteiger partial charge is 0.328 e. The number of aryl methyl sites for hydroxylation is 2. The van der Waals surface area contributed by atoms with Crippen molar-refractivity contribution >= 4 is 28.6 Å². The molecule has 4 heterocycles. The van der Waals surface area contributed by atoms with Crippen molar-refractivity contribution in [2.45, 2.75) is 27.2 Å². The van der Waals surface area contributed by atoms with E-state index in [0.29, 0.717) is 22.9 Å². The molecule has 9 heteroatoms. The molecule has 152 valence electrons. The zero-order valence-corrected chi connectivity index (χ0v) is 17.2. The first-order valence-electron chi connectivity index (χ1n) is 9.74. The number of fused-ring (bicyclic) bond motifs is 2. The molecule has 0 spiro atoms. The number of imidazole rings is 1. The highest BCUT2D eigenvalue weighted by atomic mass is 16.2. The second-order valence-corrected chi connectivity index (χ2v) is 8.29. The third kappa shape index (κ3) is 2.54. The highest BCUT2D eigenvalue weighted by Crippen LogP contribution is 2.50. The van der Waals surface area contributed by atoms with E-state index in [9.17, 15) is 9.59 Å². The van der Waals surface area contributed by atoms with Gasteiger partial charge in [0.1, 0.15) is 5.82 Å². The molecule has 0 aromatic carbocycles. The molecular weight excluding hydrogens is 382 g/mol. The fraction of sp³-hybridized carbons (Fsp3) is 0.333. The molecule has 1 aliphatic carbocycles. The average Bonchev–Trinajstić information content (AvgIpc) is 3.12. The summed E-state index contributed by atoms with van der Waals surface area (Å²) in [5, 5.41) is 0. The lowest BCUT2D eigenvalue weighted by Crippen LogP contribution is -2.32. The van der Waals surface area contributed by atoms with Crippen LogP contribution in [0.15, 0.2) is 41.2 Å². The van der Waals surface area contributed by atoms with E-state index in [0.717, 1.165) is 23.3 Å². The van der Waals surface area contributed by atoms with Gasteiger partial charge in [0.15, 0.2) is 17.1 Å². The summed E-state index contributed by atoms with van der Waals surface area (Å²) in [7, 11) is 1.63. The Hall–Kier alpha value is -3.62. The van der Waals surface area contributed by atoms with Crippen LogP contribution in [0, 0.1) is 18.3 Å². The van der Waals surface area contributed by atoms with E-state index >= 15 is 0 Å². The number of hydrogen-bond acceptors (Lipinski definition) is 6. The second-order valence-electron chi connectivity index (χ2n) is 8.29. The molecule has 5 rings (SSSR count). The normalized spacial score (nSPS) is 20.3. The quantitative estimate of drug-likeness (QED) is 0.702. The highest BCUT2D eigenvalue weighted by Gasteiger charge is 2.52. The van der Waals surface area contributed by atoms with E-state index < -0.39 is 5.41 Å². The van der Waals surface area contributed by atoms with Gasteiger partial charge >= 0.3 is 5.69 Å². The Morgan fingerprint density at radius 3 is 2.60 bits per heavy atom. The number of amides is 1. The predicted molar refractivity (Wildman–Crippen MR) is 111 cm³/mol. The number of carbonyl (C=O) groups is 1. The topological polar surface area (TPSA) is 110 Å². The van der Waals surface area contributed by atoms with Gasteiger partial charge in [-0.1, -0.05) is 19.9 Å². The van der Waals surface area contributed by atoms with Crippen LogP contribution in [-0.4, -0.2) is 35.4 Å². The lowest BCUT2D eigenvalue weighted by atomic mass is 9.75. The van der Waals surface area contributed by atoms with Crippen molar-refractivity contribution in [2.24, 2.45) is 18.4 Å². The van der Waals surface area contributed by atoms with Gasteiger partial charge in [-0.15, -0.1) is 0 Å². The molecule has 1 unspecified atom stereocenters. The Labute approximate surface area is 172 Å². The molecule has 30 heavy (non-hydrogen) atoms. The summed E-state index contributed by atoms with van der Waals surface area (Å²) < 4.78 is 1.39. The minimum absolute atomic E-state index is 0.0208. The van der Waals surface area contributed by atoms with Gasteiger partial charge in [-0.05, 0) is 25.0 Å². The molecule has 0 bridgehead atoms. The molecule has 0 radical (unpaired) electrons. The van der Waals surface area contributed by atoms with Crippen molar-refractivity contribution < 1.29 is 4.79 Å². The van der Waals surface area contributed by atoms with Crippen LogP contribution in [0.3, 0.4) is 0 Å². The van der Waals surface area contributed by atoms with Crippen molar-refractivity contribution in [3.05, 3.63) is 58.3 Å². The number of allylic oxidation sites excluding steroid dienone is 4. The number of aromatic nitrogens is 6. The van der Waals surface area contributed by atoms with Crippen molar-refractivity contribution in [1.82, 2.24) is 29.5 Å². The maximum atomic E-state index is 13.4. The fourth-order valence-electron chi connectivity index (χ4n) is 4.19. The first kappa shape index (κ1) is 18.4. The van der Waals surface area contributed by atoms with Crippen molar-refractivity contribution in [3.8, 4) is 0 Å². The number of aromatic amines is 1.